The van der Waals surface area contributed by atoms with Crippen molar-refractivity contribution in [3.8, 4) is 0 Å². The summed E-state index contributed by atoms with van der Waals surface area (Å²) in [5.74, 6) is -0.182. The maximum Gasteiger partial charge on any atom is 0.234 e. The number of carbonyl (C=O) groups is 2. The van der Waals surface area contributed by atoms with Crippen molar-refractivity contribution >= 4 is 11.7 Å². The molecule has 0 aromatic heterocycles. The van der Waals surface area contributed by atoms with Crippen LogP contribution in [-0.2, 0) is 4.79 Å². The number of hydrogen-bond donors (Lipinski definition) is 1. The van der Waals surface area contributed by atoms with Crippen molar-refractivity contribution in [3.63, 3.8) is 0 Å². The number of benzene rings is 1. The average molecular weight is 259 g/mol. The molecule has 1 atom stereocenters. The molecular weight excluding hydrogens is 238 g/mol. The van der Waals surface area contributed by atoms with Crippen LogP contribution in [0.25, 0.3) is 0 Å². The molecule has 0 aliphatic carbocycles. The van der Waals surface area contributed by atoms with Gasteiger partial charge < -0.3 is 5.32 Å². The van der Waals surface area contributed by atoms with Gasteiger partial charge in [-0.25, -0.2) is 0 Å². The zero-order valence-electron chi connectivity index (χ0n) is 11.8. The molecule has 1 unspecified atom stereocenters. The first-order valence-corrected chi connectivity index (χ1v) is 6.78. The molecule has 0 saturated carbocycles. The Morgan fingerprint density at radius 3 is 2.37 bits per heavy atom. The van der Waals surface area contributed by atoms with Crippen molar-refractivity contribution in [1.29, 1.82) is 0 Å². The summed E-state index contributed by atoms with van der Waals surface area (Å²) < 4.78 is 0. The summed E-state index contributed by atoms with van der Waals surface area (Å²) in [6, 6.07) is 9.13. The summed E-state index contributed by atoms with van der Waals surface area (Å²) in [7, 11) is 0. The highest BCUT2D eigenvalue weighted by Crippen LogP contribution is 2.46. The van der Waals surface area contributed by atoms with E-state index in [4.69, 9.17) is 0 Å². The Balaban J connectivity index is 2.50. The molecule has 102 valence electrons. The van der Waals surface area contributed by atoms with Gasteiger partial charge in [-0.1, -0.05) is 51.1 Å². The SMILES string of the molecule is CC(C)(C)C1(C(=O)c2ccccc2)CCCNC1=O. The number of ketones is 1. The van der Waals surface area contributed by atoms with E-state index in [9.17, 15) is 9.59 Å². The first-order chi connectivity index (χ1) is 8.89. The molecule has 1 aliphatic rings. The van der Waals surface area contributed by atoms with E-state index in [0.717, 1.165) is 6.42 Å². The predicted molar refractivity (Wildman–Crippen MR) is 74.9 cm³/mol. The van der Waals surface area contributed by atoms with Crippen LogP contribution < -0.4 is 5.32 Å². The third kappa shape index (κ3) is 2.18. The lowest BCUT2D eigenvalue weighted by Gasteiger charge is -2.44. The van der Waals surface area contributed by atoms with Gasteiger partial charge in [0.05, 0.1) is 0 Å². The van der Waals surface area contributed by atoms with E-state index < -0.39 is 10.8 Å². The maximum absolute atomic E-state index is 12.9. The van der Waals surface area contributed by atoms with Gasteiger partial charge in [-0.3, -0.25) is 9.59 Å². The number of Topliss-reactive ketones (excluding diaryl/α,β-unsaturated/α-hetero) is 1. The summed E-state index contributed by atoms with van der Waals surface area (Å²) in [5.41, 5.74) is -0.730. The summed E-state index contributed by atoms with van der Waals surface area (Å²) in [4.78, 5) is 25.4. The first kappa shape index (κ1) is 13.8. The third-order valence-corrected chi connectivity index (χ3v) is 4.11. The molecule has 1 saturated heterocycles. The highest BCUT2D eigenvalue weighted by Gasteiger charge is 2.55. The third-order valence-electron chi connectivity index (χ3n) is 4.11. The van der Waals surface area contributed by atoms with Crippen LogP contribution in [0, 0.1) is 10.8 Å². The Kier molecular flexibility index (Phi) is 3.48. The van der Waals surface area contributed by atoms with Crippen molar-refractivity contribution in [2.24, 2.45) is 10.8 Å². The Morgan fingerprint density at radius 2 is 1.84 bits per heavy atom. The Hall–Kier alpha value is -1.64. The van der Waals surface area contributed by atoms with Gasteiger partial charge in [0.2, 0.25) is 5.91 Å². The number of amides is 1. The second kappa shape index (κ2) is 4.80. The first-order valence-electron chi connectivity index (χ1n) is 6.78. The van der Waals surface area contributed by atoms with E-state index >= 15 is 0 Å². The van der Waals surface area contributed by atoms with Crippen molar-refractivity contribution in [2.75, 3.05) is 6.54 Å². The molecule has 1 aliphatic heterocycles. The Bertz CT molecular complexity index is 487. The van der Waals surface area contributed by atoms with Gasteiger partial charge >= 0.3 is 0 Å². The molecule has 3 nitrogen and oxygen atoms in total. The van der Waals surface area contributed by atoms with Gasteiger partial charge in [0, 0.05) is 12.1 Å². The summed E-state index contributed by atoms with van der Waals surface area (Å²) in [6.45, 7) is 6.58. The minimum absolute atomic E-state index is 0.0576. The van der Waals surface area contributed by atoms with Crippen molar-refractivity contribution in [1.82, 2.24) is 5.32 Å². The van der Waals surface area contributed by atoms with Crippen molar-refractivity contribution < 1.29 is 9.59 Å². The number of nitrogens with one attached hydrogen (secondary N) is 1. The molecule has 1 fully saturated rings. The monoisotopic (exact) mass is 259 g/mol. The van der Waals surface area contributed by atoms with E-state index in [1.165, 1.54) is 0 Å². The predicted octanol–water partition coefficient (Wildman–Crippen LogP) is 2.81. The van der Waals surface area contributed by atoms with Gasteiger partial charge in [0.25, 0.3) is 0 Å². The lowest BCUT2D eigenvalue weighted by atomic mass is 9.59. The molecule has 1 N–H and O–H groups in total. The summed E-state index contributed by atoms with van der Waals surface area (Å²) in [6.07, 6.45) is 1.47. The smallest absolute Gasteiger partial charge is 0.234 e. The van der Waals surface area contributed by atoms with Crippen molar-refractivity contribution in [3.05, 3.63) is 35.9 Å². The summed E-state index contributed by atoms with van der Waals surface area (Å²) in [5, 5.41) is 2.87. The van der Waals surface area contributed by atoms with E-state index in [2.05, 4.69) is 5.32 Å². The van der Waals surface area contributed by atoms with Crippen LogP contribution in [0.5, 0.6) is 0 Å². The van der Waals surface area contributed by atoms with Crippen LogP contribution >= 0.6 is 0 Å². The molecule has 1 heterocycles. The van der Waals surface area contributed by atoms with Gasteiger partial charge in [-0.2, -0.15) is 0 Å². The maximum atomic E-state index is 12.9. The average Bonchev–Trinajstić information content (AvgIpc) is 2.38. The second-order valence-corrected chi connectivity index (χ2v) is 6.21. The molecule has 2 rings (SSSR count). The van der Waals surface area contributed by atoms with Crippen molar-refractivity contribution in [2.45, 2.75) is 33.6 Å². The molecule has 3 heteroatoms. The lowest BCUT2D eigenvalue weighted by molar-refractivity contribution is -0.136. The quantitative estimate of drug-likeness (QED) is 0.655. The molecular formula is C16H21NO2. The molecule has 0 radical (unpaired) electrons. The minimum atomic E-state index is -0.952. The normalized spacial score (nSPS) is 23.8. The van der Waals surface area contributed by atoms with Gasteiger partial charge in [-0.15, -0.1) is 0 Å². The fourth-order valence-electron chi connectivity index (χ4n) is 2.93. The highest BCUT2D eigenvalue weighted by molar-refractivity contribution is 6.14. The fraction of sp³-hybridized carbons (Fsp3) is 0.500. The molecule has 1 aromatic rings. The van der Waals surface area contributed by atoms with E-state index in [1.54, 1.807) is 12.1 Å². The summed E-state index contributed by atoms with van der Waals surface area (Å²) >= 11 is 0. The number of hydrogen-bond acceptors (Lipinski definition) is 2. The van der Waals surface area contributed by atoms with Crippen LogP contribution in [0.1, 0.15) is 44.0 Å². The topological polar surface area (TPSA) is 46.2 Å². The minimum Gasteiger partial charge on any atom is -0.355 e. The van der Waals surface area contributed by atoms with Gasteiger partial charge in [-0.05, 0) is 18.3 Å². The molecule has 0 bridgehead atoms. The van der Waals surface area contributed by atoms with Gasteiger partial charge in [0.15, 0.2) is 5.78 Å². The van der Waals surface area contributed by atoms with Crippen LogP contribution in [0.3, 0.4) is 0 Å². The van der Waals surface area contributed by atoms with Crippen LogP contribution in [-0.4, -0.2) is 18.2 Å². The van der Waals surface area contributed by atoms with Crippen LogP contribution in [0.2, 0.25) is 0 Å². The largest absolute Gasteiger partial charge is 0.355 e. The Morgan fingerprint density at radius 1 is 1.21 bits per heavy atom. The Labute approximate surface area is 114 Å². The van der Waals surface area contributed by atoms with E-state index in [1.807, 2.05) is 39.0 Å². The van der Waals surface area contributed by atoms with Gasteiger partial charge in [0.1, 0.15) is 5.41 Å². The fourth-order valence-corrected chi connectivity index (χ4v) is 2.93. The standard InChI is InChI=1S/C16H21NO2/c1-15(2,3)16(10-7-11-17-14(16)19)13(18)12-8-5-4-6-9-12/h4-6,8-9H,7,10-11H2,1-3H3,(H,17,19). The molecule has 1 aromatic carbocycles. The van der Waals surface area contributed by atoms with Crippen LogP contribution in [0.4, 0.5) is 0 Å². The number of piperidine rings is 1. The molecule has 0 spiro atoms. The number of rotatable bonds is 2. The highest BCUT2D eigenvalue weighted by atomic mass is 16.2. The van der Waals surface area contributed by atoms with Crippen LogP contribution in [0.15, 0.2) is 30.3 Å². The lowest BCUT2D eigenvalue weighted by Crippen LogP contribution is -2.57. The number of carbonyl (C=O) groups excluding carboxylic acids is 2. The second-order valence-electron chi connectivity index (χ2n) is 6.21. The molecule has 1 amide bonds. The molecule has 19 heavy (non-hydrogen) atoms. The zero-order valence-corrected chi connectivity index (χ0v) is 11.8. The van der Waals surface area contributed by atoms with E-state index in [-0.39, 0.29) is 11.7 Å². The van der Waals surface area contributed by atoms with E-state index in [0.29, 0.717) is 18.5 Å². The zero-order chi connectivity index (χ0) is 14.1.